The van der Waals surface area contributed by atoms with Gasteiger partial charge in [0.05, 0.1) is 12.8 Å². The molecule has 0 aromatic carbocycles. The minimum Gasteiger partial charge on any atom is -0.405 e. The summed E-state index contributed by atoms with van der Waals surface area (Å²) in [4.78, 5) is 31.1. The zero-order valence-corrected chi connectivity index (χ0v) is 21.5. The Kier molecular flexibility index (Phi) is 14.5. The monoisotopic (exact) mass is 516 g/mol. The Labute approximate surface area is 223 Å². The molecule has 200 valence electrons. The number of carbonyl (C=O) groups excluding carboxylic acids is 2. The molecule has 3 aromatic heterocycles. The van der Waals surface area contributed by atoms with Gasteiger partial charge in [-0.15, -0.1) is 5.10 Å². The van der Waals surface area contributed by atoms with Gasteiger partial charge in [-0.2, -0.15) is 5.10 Å². The van der Waals surface area contributed by atoms with Crippen LogP contribution in [0.3, 0.4) is 0 Å². The van der Waals surface area contributed by atoms with Gasteiger partial charge in [0.25, 0.3) is 0 Å². The van der Waals surface area contributed by atoms with Crippen LogP contribution in [-0.2, 0) is 22.4 Å². The second-order valence-corrected chi connectivity index (χ2v) is 8.33. The minimum absolute atomic E-state index is 0.154. The predicted octanol–water partition coefficient (Wildman–Crippen LogP) is 3.41. The van der Waals surface area contributed by atoms with Crippen molar-refractivity contribution in [2.75, 3.05) is 5.32 Å². The standard InChI is InChI=1S/C11H10N4O.C11H14N4O.C6H12/c16-11(8-9-4-1-2-6-12-9)14-10-5-3-7-13-15-10;12-6-3-5-10(13)15-11(16)8-9-4-1-2-7-14-9;1-2-4-6-5-3-1/h1-7H,8H2,(H,14,15,16);1-7H,8,12-13H2,(H,15,16);1-6H2/b;6-3-,10-5+;. The summed E-state index contributed by atoms with van der Waals surface area (Å²) in [5, 5.41) is 12.6. The molecule has 3 heterocycles. The quantitative estimate of drug-likeness (QED) is 0.347. The highest BCUT2D eigenvalue weighted by Gasteiger charge is 2.05. The Morgan fingerprint density at radius 3 is 1.84 bits per heavy atom. The van der Waals surface area contributed by atoms with Crippen LogP contribution in [0.5, 0.6) is 0 Å². The third-order valence-corrected chi connectivity index (χ3v) is 5.15. The second kappa shape index (κ2) is 18.6. The summed E-state index contributed by atoms with van der Waals surface area (Å²) < 4.78 is 0. The topological polar surface area (TPSA) is 162 Å². The zero-order chi connectivity index (χ0) is 27.3. The Morgan fingerprint density at radius 1 is 0.789 bits per heavy atom. The van der Waals surface area contributed by atoms with E-state index in [4.69, 9.17) is 11.5 Å². The van der Waals surface area contributed by atoms with Crippen molar-refractivity contribution in [1.82, 2.24) is 25.5 Å². The highest BCUT2D eigenvalue weighted by molar-refractivity contribution is 5.90. The van der Waals surface area contributed by atoms with Crippen molar-refractivity contribution in [1.29, 1.82) is 0 Å². The van der Waals surface area contributed by atoms with Crippen LogP contribution in [0.2, 0.25) is 0 Å². The van der Waals surface area contributed by atoms with E-state index < -0.39 is 0 Å². The number of nitrogens with one attached hydrogen (secondary N) is 2. The highest BCUT2D eigenvalue weighted by atomic mass is 16.2. The normalized spacial score (nSPS) is 12.8. The number of rotatable bonds is 7. The smallest absolute Gasteiger partial charge is 0.231 e. The molecule has 3 aromatic rings. The molecular formula is C28H36N8O2. The number of anilines is 1. The average Bonchev–Trinajstić information content (AvgIpc) is 2.95. The predicted molar refractivity (Wildman–Crippen MR) is 148 cm³/mol. The summed E-state index contributed by atoms with van der Waals surface area (Å²) in [5.74, 6) is 0.336. The van der Waals surface area contributed by atoms with E-state index in [-0.39, 0.29) is 30.5 Å². The lowest BCUT2D eigenvalue weighted by atomic mass is 10.0. The van der Waals surface area contributed by atoms with Crippen molar-refractivity contribution >= 4 is 17.6 Å². The van der Waals surface area contributed by atoms with Gasteiger partial charge < -0.3 is 22.1 Å². The first kappa shape index (κ1) is 29.6. The highest BCUT2D eigenvalue weighted by Crippen LogP contribution is 2.15. The van der Waals surface area contributed by atoms with Gasteiger partial charge in [0.1, 0.15) is 5.82 Å². The van der Waals surface area contributed by atoms with E-state index >= 15 is 0 Å². The molecule has 10 nitrogen and oxygen atoms in total. The number of carbonyl (C=O) groups is 2. The van der Waals surface area contributed by atoms with Gasteiger partial charge in [0.2, 0.25) is 11.8 Å². The maximum absolute atomic E-state index is 11.6. The maximum atomic E-state index is 11.6. The molecule has 2 amide bonds. The molecule has 0 atom stereocenters. The SMILES string of the molecule is C1CCCCC1.N/C=C\C=C(/N)NC(=O)Cc1ccccn1.O=C(Cc1ccccn1)Nc1cccnn1. The molecule has 0 unspecified atom stereocenters. The minimum atomic E-state index is -0.210. The molecule has 6 N–H and O–H groups in total. The Morgan fingerprint density at radius 2 is 1.37 bits per heavy atom. The number of nitrogens with zero attached hydrogens (tertiary/aromatic N) is 4. The van der Waals surface area contributed by atoms with Crippen molar-refractivity contribution in [3.8, 4) is 0 Å². The molecule has 0 radical (unpaired) electrons. The van der Waals surface area contributed by atoms with Crippen LogP contribution in [0.4, 0.5) is 5.82 Å². The first-order valence-corrected chi connectivity index (χ1v) is 12.6. The summed E-state index contributed by atoms with van der Waals surface area (Å²) in [5.41, 5.74) is 12.1. The fourth-order valence-electron chi connectivity index (χ4n) is 3.36. The van der Waals surface area contributed by atoms with Gasteiger partial charge in [0, 0.05) is 30.0 Å². The van der Waals surface area contributed by atoms with E-state index in [1.165, 1.54) is 56.9 Å². The summed E-state index contributed by atoms with van der Waals surface area (Å²) in [6, 6.07) is 14.2. The van der Waals surface area contributed by atoms with Crippen LogP contribution >= 0.6 is 0 Å². The van der Waals surface area contributed by atoms with Crippen LogP contribution < -0.4 is 22.1 Å². The van der Waals surface area contributed by atoms with E-state index in [1.807, 2.05) is 18.2 Å². The number of hydrogen-bond donors (Lipinski definition) is 4. The van der Waals surface area contributed by atoms with Gasteiger partial charge in [-0.05, 0) is 54.8 Å². The van der Waals surface area contributed by atoms with Crippen molar-refractivity contribution in [2.45, 2.75) is 51.4 Å². The van der Waals surface area contributed by atoms with Gasteiger partial charge in [-0.1, -0.05) is 50.7 Å². The Bertz CT molecular complexity index is 1060. The number of hydrogen-bond acceptors (Lipinski definition) is 8. The molecule has 1 saturated carbocycles. The van der Waals surface area contributed by atoms with Crippen molar-refractivity contribution in [3.05, 3.63) is 103 Å². The molecule has 0 spiro atoms. The molecule has 10 heteroatoms. The molecule has 1 aliphatic carbocycles. The van der Waals surface area contributed by atoms with Gasteiger partial charge in [-0.25, -0.2) is 0 Å². The van der Waals surface area contributed by atoms with Gasteiger partial charge in [0.15, 0.2) is 5.82 Å². The maximum Gasteiger partial charge on any atom is 0.231 e. The van der Waals surface area contributed by atoms with Crippen LogP contribution in [0, 0.1) is 0 Å². The third-order valence-electron chi connectivity index (χ3n) is 5.15. The number of amides is 2. The third kappa shape index (κ3) is 14.1. The fraction of sp³-hybridized carbons (Fsp3) is 0.286. The van der Waals surface area contributed by atoms with Crippen LogP contribution in [0.1, 0.15) is 49.9 Å². The first-order chi connectivity index (χ1) is 18.6. The van der Waals surface area contributed by atoms with E-state index in [1.54, 1.807) is 48.9 Å². The number of allylic oxidation sites excluding steroid dienone is 2. The molecule has 1 aliphatic rings. The summed E-state index contributed by atoms with van der Waals surface area (Å²) in [7, 11) is 0. The van der Waals surface area contributed by atoms with Crippen molar-refractivity contribution in [2.24, 2.45) is 11.5 Å². The van der Waals surface area contributed by atoms with Crippen LogP contribution in [0.15, 0.2) is 91.3 Å². The van der Waals surface area contributed by atoms with Gasteiger partial charge in [-0.3, -0.25) is 19.6 Å². The van der Waals surface area contributed by atoms with E-state index in [0.717, 1.165) is 5.69 Å². The second-order valence-electron chi connectivity index (χ2n) is 8.33. The lowest BCUT2D eigenvalue weighted by Gasteiger charge is -2.05. The molecular weight excluding hydrogens is 480 g/mol. The summed E-state index contributed by atoms with van der Waals surface area (Å²) in [6.45, 7) is 0. The van der Waals surface area contributed by atoms with Crippen LogP contribution in [0.25, 0.3) is 0 Å². The fourth-order valence-corrected chi connectivity index (χ4v) is 3.36. The number of aromatic nitrogens is 4. The lowest BCUT2D eigenvalue weighted by Crippen LogP contribution is -2.28. The van der Waals surface area contributed by atoms with Crippen LogP contribution in [-0.4, -0.2) is 32.0 Å². The Balaban J connectivity index is 0.000000219. The van der Waals surface area contributed by atoms with E-state index in [9.17, 15) is 9.59 Å². The molecule has 0 bridgehead atoms. The summed E-state index contributed by atoms with van der Waals surface area (Å²) >= 11 is 0. The largest absolute Gasteiger partial charge is 0.405 e. The van der Waals surface area contributed by atoms with Crippen molar-refractivity contribution < 1.29 is 9.59 Å². The molecule has 0 saturated heterocycles. The number of pyridine rings is 2. The zero-order valence-electron chi connectivity index (χ0n) is 21.5. The number of nitrogens with two attached hydrogens (primary N) is 2. The van der Waals surface area contributed by atoms with E-state index in [2.05, 4.69) is 30.8 Å². The molecule has 38 heavy (non-hydrogen) atoms. The average molecular weight is 517 g/mol. The van der Waals surface area contributed by atoms with Gasteiger partial charge >= 0.3 is 0 Å². The lowest BCUT2D eigenvalue weighted by molar-refractivity contribution is -0.120. The molecule has 0 aliphatic heterocycles. The summed E-state index contributed by atoms with van der Waals surface area (Å²) in [6.07, 6.45) is 18.7. The molecule has 4 rings (SSSR count). The Hall–Kier alpha value is -4.60. The van der Waals surface area contributed by atoms with Crippen molar-refractivity contribution in [3.63, 3.8) is 0 Å². The first-order valence-electron chi connectivity index (χ1n) is 12.6. The molecule has 1 fully saturated rings. The van der Waals surface area contributed by atoms with E-state index in [0.29, 0.717) is 11.5 Å².